The highest BCUT2D eigenvalue weighted by atomic mass is 19.2. The maximum absolute atomic E-state index is 13.5. The van der Waals surface area contributed by atoms with Crippen LogP contribution in [0.4, 0.5) is 14.5 Å². The Morgan fingerprint density at radius 3 is 2.72 bits per heavy atom. The van der Waals surface area contributed by atoms with Gasteiger partial charge < -0.3 is 15.0 Å². The third kappa shape index (κ3) is 2.44. The average Bonchev–Trinajstić information content (AvgIpc) is 3.10. The number of fused-ring (bicyclic) bond motifs is 1. The molecule has 0 bridgehead atoms. The number of hydrogen-bond acceptors (Lipinski definition) is 3. The summed E-state index contributed by atoms with van der Waals surface area (Å²) in [5, 5.41) is 18.7. The zero-order valence-electron chi connectivity index (χ0n) is 13.3. The van der Waals surface area contributed by atoms with E-state index in [4.69, 9.17) is 5.41 Å². The zero-order valence-corrected chi connectivity index (χ0v) is 13.3. The van der Waals surface area contributed by atoms with Crippen LogP contribution in [0.25, 0.3) is 16.6 Å². The molecule has 0 spiro atoms. The third-order valence-electron chi connectivity index (χ3n) is 4.19. The number of hydrogen-bond donors (Lipinski definition) is 3. The molecule has 25 heavy (non-hydrogen) atoms. The molecule has 1 aliphatic heterocycles. The summed E-state index contributed by atoms with van der Waals surface area (Å²) in [6.45, 7) is 1.95. The smallest absolute Gasteiger partial charge is 0.160 e. The molecule has 0 saturated carbocycles. The highest BCUT2D eigenvalue weighted by Gasteiger charge is 2.31. The number of aryl methyl sites for hydroxylation is 1. The highest BCUT2D eigenvalue weighted by Crippen LogP contribution is 2.31. The van der Waals surface area contributed by atoms with E-state index < -0.39 is 11.6 Å². The first kappa shape index (κ1) is 15.3. The Hall–Kier alpha value is -3.22. The van der Waals surface area contributed by atoms with E-state index in [1.807, 2.05) is 25.1 Å². The van der Waals surface area contributed by atoms with Crippen LogP contribution >= 0.6 is 0 Å². The van der Waals surface area contributed by atoms with E-state index in [9.17, 15) is 13.9 Å². The van der Waals surface area contributed by atoms with E-state index >= 15 is 0 Å². The van der Waals surface area contributed by atoms with Gasteiger partial charge in [0.25, 0.3) is 0 Å². The van der Waals surface area contributed by atoms with Crippen molar-refractivity contribution < 1.29 is 13.9 Å². The first-order valence-corrected chi connectivity index (χ1v) is 7.64. The molecular weight excluding hydrogens is 326 g/mol. The second-order valence-corrected chi connectivity index (χ2v) is 5.96. The number of nitrogens with zero attached hydrogens (tertiary/aromatic N) is 2. The van der Waals surface area contributed by atoms with E-state index in [0.29, 0.717) is 5.82 Å². The fourth-order valence-corrected chi connectivity index (χ4v) is 2.94. The van der Waals surface area contributed by atoms with Crippen LogP contribution < -0.4 is 4.90 Å². The van der Waals surface area contributed by atoms with Crippen LogP contribution in [0.1, 0.15) is 11.4 Å². The number of aromatic amines is 1. The van der Waals surface area contributed by atoms with E-state index in [1.165, 1.54) is 11.0 Å². The summed E-state index contributed by atoms with van der Waals surface area (Å²) < 4.78 is 26.6. The first-order valence-electron chi connectivity index (χ1n) is 7.64. The van der Waals surface area contributed by atoms with Crippen molar-refractivity contribution in [1.82, 2.24) is 9.97 Å². The summed E-state index contributed by atoms with van der Waals surface area (Å²) >= 11 is 0. The molecule has 0 saturated heterocycles. The Labute approximate surface area is 141 Å². The molecule has 1 aromatic heterocycles. The second-order valence-electron chi connectivity index (χ2n) is 5.96. The van der Waals surface area contributed by atoms with Gasteiger partial charge in [-0.15, -0.1) is 0 Å². The quantitative estimate of drug-likeness (QED) is 0.662. The second kappa shape index (κ2) is 5.41. The minimum atomic E-state index is -1.00. The van der Waals surface area contributed by atoms with Crippen LogP contribution in [0.5, 0.6) is 0 Å². The molecule has 0 aliphatic carbocycles. The van der Waals surface area contributed by atoms with Gasteiger partial charge in [-0.3, -0.25) is 5.41 Å². The lowest BCUT2D eigenvalue weighted by Crippen LogP contribution is -2.26. The Kier molecular flexibility index (Phi) is 3.31. The number of nitrogens with one attached hydrogen (secondary N) is 2. The minimum Gasteiger partial charge on any atom is -0.509 e. The molecule has 126 valence electrons. The minimum absolute atomic E-state index is 0.00465. The predicted octanol–water partition coefficient (Wildman–Crippen LogP) is 3.92. The number of aliphatic hydroxyl groups is 1. The molecule has 0 amide bonds. The summed E-state index contributed by atoms with van der Waals surface area (Å²) in [6, 6.07) is 9.07. The SMILES string of the molecule is Cc1ccc2nc(C3=C(O)CN(c4ccc(F)c(F)c4)C3=N)[nH]c2c1. The molecule has 5 nitrogen and oxygen atoms in total. The molecule has 0 fully saturated rings. The Balaban J connectivity index is 1.73. The largest absolute Gasteiger partial charge is 0.509 e. The first-order chi connectivity index (χ1) is 11.9. The van der Waals surface area contributed by atoms with Gasteiger partial charge in [0.15, 0.2) is 11.6 Å². The number of imidazole rings is 1. The number of aliphatic hydroxyl groups excluding tert-OH is 1. The Morgan fingerprint density at radius 1 is 1.16 bits per heavy atom. The fourth-order valence-electron chi connectivity index (χ4n) is 2.94. The number of aromatic nitrogens is 2. The molecule has 0 atom stereocenters. The number of H-pyrrole nitrogens is 1. The van der Waals surface area contributed by atoms with Crippen LogP contribution in [0.15, 0.2) is 42.2 Å². The van der Waals surface area contributed by atoms with Gasteiger partial charge in [-0.25, -0.2) is 13.8 Å². The molecule has 2 aromatic carbocycles. The summed E-state index contributed by atoms with van der Waals surface area (Å²) in [4.78, 5) is 8.92. The number of benzene rings is 2. The van der Waals surface area contributed by atoms with E-state index in [0.717, 1.165) is 28.7 Å². The summed E-state index contributed by atoms with van der Waals surface area (Å²) in [5.74, 6) is -1.67. The van der Waals surface area contributed by atoms with Gasteiger partial charge in [0.2, 0.25) is 0 Å². The van der Waals surface area contributed by atoms with Gasteiger partial charge in [0, 0.05) is 11.8 Å². The van der Waals surface area contributed by atoms with Crippen LogP contribution in [-0.2, 0) is 0 Å². The standard InChI is InChI=1S/C18H14F2N4O/c1-9-2-5-13-14(6-9)23-18(22-13)16-15(25)8-24(17(16)21)10-3-4-11(19)12(20)7-10/h2-7,21,25H,8H2,1H3,(H,22,23). The van der Waals surface area contributed by atoms with Crippen molar-refractivity contribution >= 4 is 28.1 Å². The van der Waals surface area contributed by atoms with Crippen LogP contribution in [0.2, 0.25) is 0 Å². The molecule has 4 rings (SSSR count). The van der Waals surface area contributed by atoms with Gasteiger partial charge in [0.1, 0.15) is 17.4 Å². The topological polar surface area (TPSA) is 76.0 Å². The van der Waals surface area contributed by atoms with Gasteiger partial charge in [-0.2, -0.15) is 0 Å². The molecule has 7 heteroatoms. The number of rotatable bonds is 2. The molecule has 2 heterocycles. The van der Waals surface area contributed by atoms with Crippen molar-refractivity contribution in [1.29, 1.82) is 5.41 Å². The van der Waals surface area contributed by atoms with Crippen molar-refractivity contribution in [2.24, 2.45) is 0 Å². The van der Waals surface area contributed by atoms with Crippen molar-refractivity contribution in [2.45, 2.75) is 6.92 Å². The highest BCUT2D eigenvalue weighted by molar-refractivity contribution is 6.30. The summed E-state index contributed by atoms with van der Waals surface area (Å²) in [7, 11) is 0. The molecule has 3 N–H and O–H groups in total. The van der Waals surface area contributed by atoms with Gasteiger partial charge >= 0.3 is 0 Å². The number of anilines is 1. The molecule has 0 radical (unpaired) electrons. The van der Waals surface area contributed by atoms with Gasteiger partial charge in [0.05, 0.1) is 23.2 Å². The predicted molar refractivity (Wildman–Crippen MR) is 91.8 cm³/mol. The van der Waals surface area contributed by atoms with Crippen molar-refractivity contribution in [2.75, 3.05) is 11.4 Å². The molecule has 0 unspecified atom stereocenters. The normalized spacial score (nSPS) is 14.8. The fraction of sp³-hybridized carbons (Fsp3) is 0.111. The lowest BCUT2D eigenvalue weighted by molar-refractivity contribution is 0.411. The van der Waals surface area contributed by atoms with E-state index in [2.05, 4.69) is 9.97 Å². The van der Waals surface area contributed by atoms with Crippen molar-refractivity contribution in [3.8, 4) is 0 Å². The van der Waals surface area contributed by atoms with E-state index in [1.54, 1.807) is 0 Å². The maximum Gasteiger partial charge on any atom is 0.160 e. The monoisotopic (exact) mass is 340 g/mol. The van der Waals surface area contributed by atoms with E-state index in [-0.39, 0.29) is 29.4 Å². The third-order valence-corrected chi connectivity index (χ3v) is 4.19. The molecule has 1 aliphatic rings. The van der Waals surface area contributed by atoms with Gasteiger partial charge in [-0.05, 0) is 36.8 Å². The number of halogens is 2. The van der Waals surface area contributed by atoms with Crippen molar-refractivity contribution in [3.05, 3.63) is 65.2 Å². The van der Waals surface area contributed by atoms with Gasteiger partial charge in [-0.1, -0.05) is 6.07 Å². The summed E-state index contributed by atoms with van der Waals surface area (Å²) in [5.41, 5.74) is 3.12. The van der Waals surface area contributed by atoms with Crippen LogP contribution in [-0.4, -0.2) is 27.5 Å². The Bertz CT molecular complexity index is 1050. The summed E-state index contributed by atoms with van der Waals surface area (Å²) in [6.07, 6.45) is 0. The van der Waals surface area contributed by atoms with Crippen LogP contribution in [0, 0.1) is 24.0 Å². The van der Waals surface area contributed by atoms with Crippen molar-refractivity contribution in [3.63, 3.8) is 0 Å². The average molecular weight is 340 g/mol. The number of amidine groups is 1. The van der Waals surface area contributed by atoms with Crippen LogP contribution in [0.3, 0.4) is 0 Å². The lowest BCUT2D eigenvalue weighted by atomic mass is 10.2. The molecular formula is C18H14F2N4O. The Morgan fingerprint density at radius 2 is 1.96 bits per heavy atom. The zero-order chi connectivity index (χ0) is 17.7. The maximum atomic E-state index is 13.5. The lowest BCUT2D eigenvalue weighted by Gasteiger charge is -2.18. The molecule has 3 aromatic rings.